The molecular weight excluding hydrogens is 613 g/mol. The summed E-state index contributed by atoms with van der Waals surface area (Å²) in [6, 6.07) is 7.90. The third-order valence-electron chi connectivity index (χ3n) is 6.28. The fourth-order valence-corrected chi connectivity index (χ4v) is 8.04. The maximum absolute atomic E-state index is 13.6. The number of carbonyl (C=O) groups is 1. The third-order valence-corrected chi connectivity index (χ3v) is 10.7. The number of hydrogen-bond donors (Lipinski definition) is 3. The number of alkyl halides is 3. The Balaban J connectivity index is 1.49. The van der Waals surface area contributed by atoms with E-state index in [4.69, 9.17) is 16.3 Å². The highest BCUT2D eigenvalue weighted by molar-refractivity contribution is 7.91. The first-order valence-corrected chi connectivity index (χ1v) is 15.0. The molecule has 1 aliphatic heterocycles. The van der Waals surface area contributed by atoms with Crippen LogP contribution in [0.15, 0.2) is 40.6 Å². The van der Waals surface area contributed by atoms with E-state index in [0.29, 0.717) is 20.7 Å². The Hall–Kier alpha value is -2.82. The van der Waals surface area contributed by atoms with E-state index in [-0.39, 0.29) is 37.6 Å². The number of ether oxygens (including phenoxy) is 1. The van der Waals surface area contributed by atoms with Gasteiger partial charge in [-0.3, -0.25) is 10.1 Å². The number of sulfonamides is 1. The number of benzene rings is 2. The van der Waals surface area contributed by atoms with Crippen molar-refractivity contribution < 1.29 is 36.2 Å². The molecule has 4 aromatic rings. The van der Waals surface area contributed by atoms with Crippen LogP contribution in [0.3, 0.4) is 0 Å². The van der Waals surface area contributed by atoms with Crippen molar-refractivity contribution in [3.05, 3.63) is 63.1 Å². The number of hydrogen-bond acceptors (Lipinski definition) is 9. The van der Waals surface area contributed by atoms with Gasteiger partial charge in [-0.05, 0) is 68.1 Å². The van der Waals surface area contributed by atoms with Crippen LogP contribution in [0.2, 0.25) is 5.02 Å². The predicted octanol–water partition coefficient (Wildman–Crippen LogP) is 5.54. The Morgan fingerprint density at radius 2 is 1.88 bits per heavy atom. The Morgan fingerprint density at radius 3 is 2.55 bits per heavy atom. The molecule has 212 valence electrons. The molecule has 16 heteroatoms. The molecule has 0 unspecified atom stereocenters. The summed E-state index contributed by atoms with van der Waals surface area (Å²) < 4.78 is 75.0. The van der Waals surface area contributed by atoms with Gasteiger partial charge in [0.15, 0.2) is 0 Å². The number of aliphatic hydroxyl groups is 1. The van der Waals surface area contributed by atoms with E-state index in [1.54, 1.807) is 39.0 Å². The van der Waals surface area contributed by atoms with Crippen LogP contribution in [0.25, 0.3) is 10.1 Å². The van der Waals surface area contributed by atoms with E-state index in [1.165, 1.54) is 18.2 Å². The number of thiophene rings is 1. The summed E-state index contributed by atoms with van der Waals surface area (Å²) in [5.41, 5.74) is -0.597. The first-order chi connectivity index (χ1) is 18.6. The second-order valence-corrected chi connectivity index (χ2v) is 13.9. The van der Waals surface area contributed by atoms with E-state index in [2.05, 4.69) is 20.2 Å². The Kier molecular flexibility index (Phi) is 7.12. The molecular formula is C24H20ClF3N4O5S3. The first-order valence-electron chi connectivity index (χ1n) is 11.5. The van der Waals surface area contributed by atoms with Gasteiger partial charge in [0.05, 0.1) is 6.04 Å². The lowest BCUT2D eigenvalue weighted by Gasteiger charge is -2.42. The van der Waals surface area contributed by atoms with Crippen molar-refractivity contribution in [1.82, 2.24) is 14.9 Å². The van der Waals surface area contributed by atoms with Crippen LogP contribution >= 0.6 is 34.3 Å². The topological polar surface area (TPSA) is 131 Å². The highest BCUT2D eigenvalue weighted by Crippen LogP contribution is 2.43. The van der Waals surface area contributed by atoms with Gasteiger partial charge in [-0.25, -0.2) is 13.1 Å². The number of halogens is 4. The third kappa shape index (κ3) is 5.29. The molecule has 0 saturated carbocycles. The lowest BCUT2D eigenvalue weighted by Crippen LogP contribution is -2.53. The second-order valence-electron chi connectivity index (χ2n) is 9.52. The minimum Gasteiger partial charge on any atom is -0.485 e. The molecule has 3 N–H and O–H groups in total. The van der Waals surface area contributed by atoms with Gasteiger partial charge in [-0.1, -0.05) is 22.9 Å². The van der Waals surface area contributed by atoms with Crippen LogP contribution in [0, 0.1) is 6.92 Å². The van der Waals surface area contributed by atoms with Crippen LogP contribution in [0.4, 0.5) is 18.3 Å². The smallest absolute Gasteiger partial charge is 0.445 e. The molecule has 0 saturated heterocycles. The highest BCUT2D eigenvalue weighted by atomic mass is 35.5. The van der Waals surface area contributed by atoms with Gasteiger partial charge in [0.2, 0.25) is 10.1 Å². The van der Waals surface area contributed by atoms with Crippen molar-refractivity contribution in [3.8, 4) is 5.75 Å². The Morgan fingerprint density at radius 1 is 1.15 bits per heavy atom. The maximum Gasteiger partial charge on any atom is 0.445 e. The molecule has 2 atom stereocenters. The van der Waals surface area contributed by atoms with E-state index in [9.17, 15) is 31.5 Å². The minimum atomic E-state index is -4.71. The normalized spacial score (nSPS) is 18.8. The number of aromatic nitrogens is 2. The lowest BCUT2D eigenvalue weighted by molar-refractivity contribution is -0.138. The SMILES string of the molecule is Cc1c(S(=O)(=O)N[C@@H]2c3cc(C(=O)Nc4nnc(C(F)(F)F)s4)ccc3OC(C)(C)[C@H]2O)sc2ccc(Cl)cc12. The molecule has 2 aromatic heterocycles. The van der Waals surface area contributed by atoms with E-state index in [0.717, 1.165) is 11.3 Å². The van der Waals surface area contributed by atoms with Crippen molar-refractivity contribution in [2.45, 2.75) is 48.9 Å². The number of anilines is 1. The van der Waals surface area contributed by atoms with Crippen LogP contribution in [-0.4, -0.2) is 41.3 Å². The molecule has 0 spiro atoms. The zero-order valence-corrected chi connectivity index (χ0v) is 24.0. The van der Waals surface area contributed by atoms with E-state index < -0.39 is 44.9 Å². The van der Waals surface area contributed by atoms with Crippen LogP contribution in [0.5, 0.6) is 5.75 Å². The van der Waals surface area contributed by atoms with Crippen LogP contribution < -0.4 is 14.8 Å². The summed E-state index contributed by atoms with van der Waals surface area (Å²) >= 11 is 7.30. The number of carbonyl (C=O) groups excluding carboxylic acids is 1. The molecule has 3 heterocycles. The molecule has 9 nitrogen and oxygen atoms in total. The number of amides is 1. The molecule has 2 aromatic carbocycles. The van der Waals surface area contributed by atoms with Gasteiger partial charge in [0.25, 0.3) is 15.9 Å². The molecule has 0 radical (unpaired) electrons. The van der Waals surface area contributed by atoms with E-state index in [1.807, 2.05) is 0 Å². The number of fused-ring (bicyclic) bond motifs is 2. The van der Waals surface area contributed by atoms with Crippen molar-refractivity contribution in [2.75, 3.05) is 5.32 Å². The molecule has 1 amide bonds. The first kappa shape index (κ1) is 28.7. The van der Waals surface area contributed by atoms with Gasteiger partial charge in [-0.2, -0.15) is 13.2 Å². The molecule has 1 aliphatic rings. The average Bonchev–Trinajstić information content (AvgIpc) is 3.46. The zero-order valence-electron chi connectivity index (χ0n) is 20.8. The van der Waals surface area contributed by atoms with E-state index >= 15 is 0 Å². The summed E-state index contributed by atoms with van der Waals surface area (Å²) in [7, 11) is -4.20. The van der Waals surface area contributed by atoms with Crippen LogP contribution in [-0.2, 0) is 16.2 Å². The fraction of sp³-hybridized carbons (Fsp3) is 0.292. The zero-order chi connectivity index (χ0) is 29.2. The summed E-state index contributed by atoms with van der Waals surface area (Å²) in [4.78, 5) is 12.8. The van der Waals surface area contributed by atoms with Gasteiger partial charge in [-0.15, -0.1) is 21.5 Å². The van der Waals surface area contributed by atoms with Crippen molar-refractivity contribution >= 4 is 65.4 Å². The second kappa shape index (κ2) is 9.92. The van der Waals surface area contributed by atoms with Gasteiger partial charge in [0, 0.05) is 20.8 Å². The number of rotatable bonds is 5. The largest absolute Gasteiger partial charge is 0.485 e. The molecule has 0 fully saturated rings. The molecule has 0 bridgehead atoms. The maximum atomic E-state index is 13.6. The summed E-state index contributed by atoms with van der Waals surface area (Å²) in [6.45, 7) is 4.83. The number of nitrogens with one attached hydrogen (secondary N) is 2. The van der Waals surface area contributed by atoms with Crippen molar-refractivity contribution in [2.24, 2.45) is 0 Å². The Labute approximate surface area is 239 Å². The van der Waals surface area contributed by atoms with Gasteiger partial charge < -0.3 is 9.84 Å². The monoisotopic (exact) mass is 632 g/mol. The fourth-order valence-electron chi connectivity index (χ4n) is 4.27. The highest BCUT2D eigenvalue weighted by Gasteiger charge is 2.45. The Bertz CT molecular complexity index is 1750. The number of aryl methyl sites for hydroxylation is 1. The summed E-state index contributed by atoms with van der Waals surface area (Å²) in [5.74, 6) is -0.597. The standard InChI is InChI=1S/C24H20ClF3N4O5S3/c1-10-13-9-12(25)5-7-16(13)38-20(10)40(35,36)32-17-14-8-11(4-6-15(14)37-23(2,3)18(17)33)19(34)29-22-31-30-21(39-22)24(26,27)28/h4-9,17-18,32-33H,1-3H3,(H,29,31,34)/t17-,18+/m1/s1. The van der Waals surface area contributed by atoms with Gasteiger partial charge in [0.1, 0.15) is 21.7 Å². The predicted molar refractivity (Wildman–Crippen MR) is 145 cm³/mol. The minimum absolute atomic E-state index is 0.0325. The lowest BCUT2D eigenvalue weighted by atomic mass is 9.86. The number of aliphatic hydroxyl groups excluding tert-OH is 1. The van der Waals surface area contributed by atoms with Gasteiger partial charge >= 0.3 is 6.18 Å². The number of nitrogens with zero attached hydrogens (tertiary/aromatic N) is 2. The van der Waals surface area contributed by atoms with Crippen molar-refractivity contribution in [3.63, 3.8) is 0 Å². The molecule has 40 heavy (non-hydrogen) atoms. The molecule has 5 rings (SSSR count). The summed E-state index contributed by atoms with van der Waals surface area (Å²) in [5, 5.41) is 19.3. The average molecular weight is 633 g/mol. The quantitative estimate of drug-likeness (QED) is 0.263. The molecule has 0 aliphatic carbocycles. The summed E-state index contributed by atoms with van der Waals surface area (Å²) in [6.07, 6.45) is -6.09. The van der Waals surface area contributed by atoms with Crippen molar-refractivity contribution in [1.29, 1.82) is 0 Å². The van der Waals surface area contributed by atoms with Crippen LogP contribution in [0.1, 0.15) is 46.4 Å².